The summed E-state index contributed by atoms with van der Waals surface area (Å²) in [5.41, 5.74) is 0.732. The number of nitrogens with one attached hydrogen (secondary N) is 1. The molecular weight excluding hydrogens is 290 g/mol. The second-order valence-corrected chi connectivity index (χ2v) is 5.45. The molecule has 1 N–H and O–H groups in total. The number of aromatic nitrogens is 1. The predicted molar refractivity (Wildman–Crippen MR) is 89.2 cm³/mol. The number of carbonyl (C=O) groups is 1. The van der Waals surface area contributed by atoms with Gasteiger partial charge < -0.3 is 4.90 Å². The Morgan fingerprint density at radius 2 is 1.74 bits per heavy atom. The van der Waals surface area contributed by atoms with Crippen LogP contribution in [0.3, 0.4) is 0 Å². The van der Waals surface area contributed by atoms with Crippen LogP contribution in [-0.4, -0.2) is 28.5 Å². The monoisotopic (exact) mass is 311 g/mol. The molecule has 0 spiro atoms. The third-order valence-electron chi connectivity index (χ3n) is 4.37. The second kappa shape index (κ2) is 6.01. The zero-order valence-electron chi connectivity index (χ0n) is 13.5. The number of nitrogens with zero attached hydrogens (tertiary/aromatic N) is 2. The molecule has 0 saturated carbocycles. The van der Waals surface area contributed by atoms with Crippen LogP contribution < -0.4 is 10.9 Å². The highest BCUT2D eigenvalue weighted by Crippen LogP contribution is 2.35. The van der Waals surface area contributed by atoms with Crippen LogP contribution in [-0.2, 0) is 12.2 Å². The van der Waals surface area contributed by atoms with Gasteiger partial charge in [-0.3, -0.25) is 19.5 Å². The maximum atomic E-state index is 12.8. The Bertz CT molecular complexity index is 769. The summed E-state index contributed by atoms with van der Waals surface area (Å²) in [5, 5.41) is 3.43. The Kier molecular flexibility index (Phi) is 4.05. The van der Waals surface area contributed by atoms with Crippen LogP contribution in [0.25, 0.3) is 0 Å². The molecule has 2 aliphatic heterocycles. The average molecular weight is 311 g/mol. The number of fused-ring (bicyclic) bond motifs is 2. The van der Waals surface area contributed by atoms with Crippen LogP contribution in [0.5, 0.6) is 0 Å². The number of rotatable bonds is 1. The van der Waals surface area contributed by atoms with Gasteiger partial charge in [0, 0.05) is 19.2 Å². The van der Waals surface area contributed by atoms with Gasteiger partial charge in [-0.1, -0.05) is 50.2 Å². The highest BCUT2D eigenvalue weighted by atomic mass is 16.2. The molecule has 0 radical (unpaired) electrons. The number of amides is 1. The van der Waals surface area contributed by atoms with E-state index in [4.69, 9.17) is 0 Å². The van der Waals surface area contributed by atoms with Crippen molar-refractivity contribution in [3.05, 3.63) is 70.1 Å². The quantitative estimate of drug-likeness (QED) is 0.873. The Hall–Kier alpha value is -2.40. The molecule has 1 fully saturated rings. The van der Waals surface area contributed by atoms with Crippen molar-refractivity contribution in [1.82, 2.24) is 14.8 Å². The zero-order valence-corrected chi connectivity index (χ0v) is 13.5. The summed E-state index contributed by atoms with van der Waals surface area (Å²) < 4.78 is 1.57. The molecule has 2 aliphatic rings. The first-order valence-corrected chi connectivity index (χ1v) is 8.05. The molecule has 23 heavy (non-hydrogen) atoms. The van der Waals surface area contributed by atoms with Gasteiger partial charge in [-0.2, -0.15) is 0 Å². The van der Waals surface area contributed by atoms with Crippen molar-refractivity contribution >= 4 is 5.91 Å². The lowest BCUT2D eigenvalue weighted by Crippen LogP contribution is -2.59. The van der Waals surface area contributed by atoms with Crippen LogP contribution in [0, 0.1) is 0 Å². The van der Waals surface area contributed by atoms with Crippen LogP contribution in [0.1, 0.15) is 29.9 Å². The van der Waals surface area contributed by atoms with Crippen molar-refractivity contribution in [2.45, 2.75) is 26.1 Å². The SMILES string of the molecule is CC.O=C1c2cccc(=O)n2CC2(c3ccccc3)NCCN12. The van der Waals surface area contributed by atoms with Gasteiger partial charge in [0.15, 0.2) is 0 Å². The maximum absolute atomic E-state index is 12.8. The van der Waals surface area contributed by atoms with Crippen molar-refractivity contribution in [1.29, 1.82) is 0 Å². The highest BCUT2D eigenvalue weighted by Gasteiger charge is 2.49. The lowest BCUT2D eigenvalue weighted by molar-refractivity contribution is 0.0388. The van der Waals surface area contributed by atoms with E-state index in [0.717, 1.165) is 12.1 Å². The van der Waals surface area contributed by atoms with Crippen LogP contribution in [0.15, 0.2) is 53.3 Å². The zero-order chi connectivity index (χ0) is 16.4. The van der Waals surface area contributed by atoms with Crippen molar-refractivity contribution in [3.8, 4) is 0 Å². The molecule has 120 valence electrons. The summed E-state index contributed by atoms with van der Waals surface area (Å²) >= 11 is 0. The fraction of sp³-hybridized carbons (Fsp3) is 0.333. The topological polar surface area (TPSA) is 54.3 Å². The molecule has 2 aromatic rings. The first-order valence-electron chi connectivity index (χ1n) is 8.05. The molecular formula is C18H21N3O2. The summed E-state index contributed by atoms with van der Waals surface area (Å²) in [4.78, 5) is 26.7. The summed E-state index contributed by atoms with van der Waals surface area (Å²) in [6, 6.07) is 14.7. The minimum absolute atomic E-state index is 0.0900. The minimum Gasteiger partial charge on any atom is -0.312 e. The smallest absolute Gasteiger partial charge is 0.272 e. The van der Waals surface area contributed by atoms with Crippen molar-refractivity contribution in [2.24, 2.45) is 0 Å². The molecule has 5 nitrogen and oxygen atoms in total. The van der Waals surface area contributed by atoms with Crippen molar-refractivity contribution in [3.63, 3.8) is 0 Å². The maximum Gasteiger partial charge on any atom is 0.272 e. The van der Waals surface area contributed by atoms with Gasteiger partial charge in [0.25, 0.3) is 11.5 Å². The minimum atomic E-state index is -0.615. The van der Waals surface area contributed by atoms with Crippen LogP contribution in [0.2, 0.25) is 0 Å². The largest absolute Gasteiger partial charge is 0.312 e. The average Bonchev–Trinajstić information content (AvgIpc) is 3.04. The molecule has 1 aromatic carbocycles. The van der Waals surface area contributed by atoms with Gasteiger partial charge in [-0.05, 0) is 11.6 Å². The Morgan fingerprint density at radius 1 is 1.00 bits per heavy atom. The molecule has 1 amide bonds. The molecule has 1 saturated heterocycles. The summed E-state index contributed by atoms with van der Waals surface area (Å²) in [6.07, 6.45) is 0. The third kappa shape index (κ3) is 2.28. The molecule has 1 atom stereocenters. The molecule has 0 bridgehead atoms. The summed E-state index contributed by atoms with van der Waals surface area (Å²) in [6.45, 7) is 5.82. The predicted octanol–water partition coefficient (Wildman–Crippen LogP) is 1.79. The van der Waals surface area contributed by atoms with Gasteiger partial charge in [0.05, 0.1) is 6.54 Å². The van der Waals surface area contributed by atoms with E-state index in [1.54, 1.807) is 16.7 Å². The number of hydrogen-bond donors (Lipinski definition) is 1. The standard InChI is InChI=1S/C16H15N3O2.C2H6/c20-14-8-4-7-13-15(21)19-10-9-17-16(19,11-18(13)14)12-5-2-1-3-6-12;1-2/h1-8,17H,9-11H2;1-2H3. The van der Waals surface area contributed by atoms with Crippen molar-refractivity contribution < 1.29 is 4.79 Å². The molecule has 0 aliphatic carbocycles. The van der Waals surface area contributed by atoms with E-state index in [-0.39, 0.29) is 11.5 Å². The Morgan fingerprint density at radius 3 is 2.48 bits per heavy atom. The van der Waals surface area contributed by atoms with E-state index in [1.165, 1.54) is 6.07 Å². The number of hydrogen-bond acceptors (Lipinski definition) is 3. The molecule has 5 heteroatoms. The van der Waals surface area contributed by atoms with Gasteiger partial charge in [-0.15, -0.1) is 0 Å². The lowest BCUT2D eigenvalue weighted by atomic mass is 9.95. The van der Waals surface area contributed by atoms with E-state index in [9.17, 15) is 9.59 Å². The van der Waals surface area contributed by atoms with E-state index in [0.29, 0.717) is 18.8 Å². The van der Waals surface area contributed by atoms with Gasteiger partial charge in [0.2, 0.25) is 0 Å². The fourth-order valence-corrected chi connectivity index (χ4v) is 3.38. The normalized spacial score (nSPS) is 22.0. The number of pyridine rings is 1. The van der Waals surface area contributed by atoms with Gasteiger partial charge >= 0.3 is 0 Å². The summed E-state index contributed by atoms with van der Waals surface area (Å²) in [7, 11) is 0. The molecule has 3 heterocycles. The highest BCUT2D eigenvalue weighted by molar-refractivity contribution is 5.94. The lowest BCUT2D eigenvalue weighted by Gasteiger charge is -2.43. The third-order valence-corrected chi connectivity index (χ3v) is 4.37. The number of benzene rings is 1. The summed E-state index contributed by atoms with van der Waals surface area (Å²) in [5.74, 6) is -0.0900. The fourth-order valence-electron chi connectivity index (χ4n) is 3.38. The van der Waals surface area contributed by atoms with Gasteiger partial charge in [-0.25, -0.2) is 0 Å². The van der Waals surface area contributed by atoms with Gasteiger partial charge in [0.1, 0.15) is 11.4 Å². The second-order valence-electron chi connectivity index (χ2n) is 5.45. The Labute approximate surface area is 135 Å². The van der Waals surface area contributed by atoms with Crippen LogP contribution in [0.4, 0.5) is 0 Å². The first-order chi connectivity index (χ1) is 11.2. The Balaban J connectivity index is 0.000000753. The number of carbonyl (C=O) groups excluding carboxylic acids is 1. The van der Waals surface area contributed by atoms with E-state index in [1.807, 2.05) is 49.1 Å². The first kappa shape index (κ1) is 15.5. The molecule has 1 aromatic heterocycles. The van der Waals surface area contributed by atoms with E-state index >= 15 is 0 Å². The van der Waals surface area contributed by atoms with Crippen molar-refractivity contribution in [2.75, 3.05) is 13.1 Å². The van der Waals surface area contributed by atoms with E-state index < -0.39 is 5.66 Å². The molecule has 4 rings (SSSR count). The van der Waals surface area contributed by atoms with E-state index in [2.05, 4.69) is 5.32 Å². The van der Waals surface area contributed by atoms with Crippen LogP contribution >= 0.6 is 0 Å². The molecule has 1 unspecified atom stereocenters.